The van der Waals surface area contributed by atoms with E-state index in [2.05, 4.69) is 11.4 Å². The lowest BCUT2D eigenvalue weighted by molar-refractivity contribution is -0.113. The Kier molecular flexibility index (Phi) is 5.87. The molecular weight excluding hydrogens is 296 g/mol. The highest BCUT2D eigenvalue weighted by atomic mass is 32.2. The number of carbonyl (C=O) groups excluding carboxylic acids is 1. The van der Waals surface area contributed by atoms with E-state index in [1.165, 1.54) is 11.8 Å². The molecule has 0 spiro atoms. The van der Waals surface area contributed by atoms with Gasteiger partial charge in [0, 0.05) is 17.5 Å². The van der Waals surface area contributed by atoms with Gasteiger partial charge in [0.05, 0.1) is 24.5 Å². The maximum Gasteiger partial charge on any atom is 0.234 e. The monoisotopic (exact) mass is 312 g/mol. The van der Waals surface area contributed by atoms with Gasteiger partial charge in [-0.3, -0.25) is 4.79 Å². The fourth-order valence-corrected chi connectivity index (χ4v) is 2.62. The number of hydrogen-bond acceptors (Lipinski definition) is 4. The van der Waals surface area contributed by atoms with Crippen molar-refractivity contribution < 1.29 is 9.53 Å². The molecule has 1 amide bonds. The first-order valence-electron chi connectivity index (χ1n) is 6.72. The summed E-state index contributed by atoms with van der Waals surface area (Å²) in [5.41, 5.74) is 2.46. The van der Waals surface area contributed by atoms with Crippen molar-refractivity contribution in [3.05, 3.63) is 59.7 Å². The topological polar surface area (TPSA) is 62.1 Å². The number of nitrogens with one attached hydrogen (secondary N) is 1. The Bertz CT molecular complexity index is 678. The number of hydrogen-bond donors (Lipinski definition) is 1. The quantitative estimate of drug-likeness (QED) is 0.887. The molecule has 2 rings (SSSR count). The van der Waals surface area contributed by atoms with E-state index in [4.69, 9.17) is 10.00 Å². The molecule has 0 unspecified atom stereocenters. The van der Waals surface area contributed by atoms with Crippen molar-refractivity contribution in [3.8, 4) is 11.8 Å². The number of thioether (sulfide) groups is 1. The number of anilines is 1. The van der Waals surface area contributed by atoms with E-state index in [0.29, 0.717) is 17.1 Å². The Labute approximate surface area is 134 Å². The van der Waals surface area contributed by atoms with E-state index >= 15 is 0 Å². The summed E-state index contributed by atoms with van der Waals surface area (Å²) in [5, 5.41) is 11.6. The molecule has 0 aromatic heterocycles. The van der Waals surface area contributed by atoms with Gasteiger partial charge in [-0.1, -0.05) is 18.2 Å². The summed E-state index contributed by atoms with van der Waals surface area (Å²) in [4.78, 5) is 11.9. The Morgan fingerprint density at radius 2 is 2.05 bits per heavy atom. The molecule has 5 heteroatoms. The lowest BCUT2D eigenvalue weighted by Crippen LogP contribution is -2.14. The third-order valence-electron chi connectivity index (χ3n) is 2.94. The molecule has 0 aliphatic rings. The maximum atomic E-state index is 11.9. The van der Waals surface area contributed by atoms with Gasteiger partial charge >= 0.3 is 0 Å². The van der Waals surface area contributed by atoms with E-state index in [1.807, 2.05) is 30.3 Å². The number of methoxy groups -OCH3 is 1. The molecule has 0 aliphatic carbocycles. The van der Waals surface area contributed by atoms with Crippen LogP contribution in [0.2, 0.25) is 0 Å². The Morgan fingerprint density at radius 1 is 1.27 bits per heavy atom. The number of amides is 1. The minimum Gasteiger partial charge on any atom is -0.497 e. The SMILES string of the molecule is COc1cccc(NC(=O)CSCc2ccc(C#N)cc2)c1. The Balaban J connectivity index is 1.78. The Morgan fingerprint density at radius 3 is 2.73 bits per heavy atom. The van der Waals surface area contributed by atoms with E-state index in [9.17, 15) is 4.79 Å². The maximum absolute atomic E-state index is 11.9. The zero-order chi connectivity index (χ0) is 15.8. The van der Waals surface area contributed by atoms with Gasteiger partial charge in [-0.05, 0) is 29.8 Å². The van der Waals surface area contributed by atoms with Gasteiger partial charge in [0.25, 0.3) is 0 Å². The molecule has 22 heavy (non-hydrogen) atoms. The second-order valence-corrected chi connectivity index (χ2v) is 5.57. The van der Waals surface area contributed by atoms with E-state index in [0.717, 1.165) is 17.0 Å². The van der Waals surface area contributed by atoms with Crippen LogP contribution in [-0.2, 0) is 10.5 Å². The number of nitriles is 1. The summed E-state index contributed by atoms with van der Waals surface area (Å²) in [6.45, 7) is 0. The standard InChI is InChI=1S/C17H16N2O2S/c1-21-16-4-2-3-15(9-16)19-17(20)12-22-11-14-7-5-13(10-18)6-8-14/h2-9H,11-12H2,1H3,(H,19,20). The Hall–Kier alpha value is -2.45. The van der Waals surface area contributed by atoms with Crippen molar-refractivity contribution in [1.82, 2.24) is 0 Å². The first kappa shape index (κ1) is 15.9. The summed E-state index contributed by atoms with van der Waals surface area (Å²) in [7, 11) is 1.59. The van der Waals surface area contributed by atoms with Gasteiger partial charge in [-0.2, -0.15) is 5.26 Å². The molecule has 0 heterocycles. The predicted octanol–water partition coefficient (Wildman–Crippen LogP) is 3.44. The lowest BCUT2D eigenvalue weighted by atomic mass is 10.2. The van der Waals surface area contributed by atoms with Crippen LogP contribution in [0.5, 0.6) is 5.75 Å². The average Bonchev–Trinajstić information content (AvgIpc) is 2.55. The summed E-state index contributed by atoms with van der Waals surface area (Å²) < 4.78 is 5.11. The summed E-state index contributed by atoms with van der Waals surface area (Å²) >= 11 is 1.53. The summed E-state index contributed by atoms with van der Waals surface area (Å²) in [6.07, 6.45) is 0. The molecule has 0 aliphatic heterocycles. The van der Waals surface area contributed by atoms with Crippen molar-refractivity contribution in [2.24, 2.45) is 0 Å². The zero-order valence-electron chi connectivity index (χ0n) is 12.2. The molecule has 0 fully saturated rings. The van der Waals surface area contributed by atoms with Crippen LogP contribution >= 0.6 is 11.8 Å². The van der Waals surface area contributed by atoms with Gasteiger partial charge in [0.15, 0.2) is 0 Å². The number of carbonyl (C=O) groups is 1. The summed E-state index contributed by atoms with van der Waals surface area (Å²) in [6, 6.07) is 16.7. The highest BCUT2D eigenvalue weighted by Gasteiger charge is 2.04. The molecule has 0 atom stereocenters. The van der Waals surface area contributed by atoms with E-state index in [1.54, 1.807) is 25.3 Å². The summed E-state index contributed by atoms with van der Waals surface area (Å²) in [5.74, 6) is 1.77. The molecule has 0 bridgehead atoms. The van der Waals surface area contributed by atoms with Crippen LogP contribution in [0.1, 0.15) is 11.1 Å². The van der Waals surface area contributed by atoms with Crippen LogP contribution in [0.3, 0.4) is 0 Å². The van der Waals surface area contributed by atoms with Crippen molar-refractivity contribution in [2.75, 3.05) is 18.2 Å². The zero-order valence-corrected chi connectivity index (χ0v) is 13.0. The second kappa shape index (κ2) is 8.11. The van der Waals surface area contributed by atoms with Gasteiger partial charge in [-0.25, -0.2) is 0 Å². The van der Waals surface area contributed by atoms with Crippen molar-refractivity contribution in [1.29, 1.82) is 5.26 Å². The van der Waals surface area contributed by atoms with Crippen molar-refractivity contribution in [2.45, 2.75) is 5.75 Å². The fourth-order valence-electron chi connectivity index (χ4n) is 1.83. The molecule has 2 aromatic carbocycles. The van der Waals surface area contributed by atoms with Crippen molar-refractivity contribution in [3.63, 3.8) is 0 Å². The molecule has 1 N–H and O–H groups in total. The minimum absolute atomic E-state index is 0.0492. The van der Waals surface area contributed by atoms with Gasteiger partial charge in [0.2, 0.25) is 5.91 Å². The third-order valence-corrected chi connectivity index (χ3v) is 3.94. The molecule has 0 radical (unpaired) electrons. The van der Waals surface area contributed by atoms with Crippen LogP contribution in [0.4, 0.5) is 5.69 Å². The number of ether oxygens (including phenoxy) is 1. The highest BCUT2D eigenvalue weighted by Crippen LogP contribution is 2.18. The first-order chi connectivity index (χ1) is 10.7. The minimum atomic E-state index is -0.0492. The number of nitrogens with zero attached hydrogens (tertiary/aromatic N) is 1. The highest BCUT2D eigenvalue weighted by molar-refractivity contribution is 7.99. The molecular formula is C17H16N2O2S. The first-order valence-corrected chi connectivity index (χ1v) is 7.87. The van der Waals surface area contributed by atoms with Crippen LogP contribution < -0.4 is 10.1 Å². The van der Waals surface area contributed by atoms with Crippen LogP contribution in [0.15, 0.2) is 48.5 Å². The molecule has 0 saturated heterocycles. The molecule has 112 valence electrons. The van der Waals surface area contributed by atoms with Crippen molar-refractivity contribution >= 4 is 23.4 Å². The molecule has 4 nitrogen and oxygen atoms in total. The third kappa shape index (κ3) is 4.83. The molecule has 0 saturated carbocycles. The van der Waals surface area contributed by atoms with Crippen LogP contribution in [0.25, 0.3) is 0 Å². The van der Waals surface area contributed by atoms with E-state index < -0.39 is 0 Å². The predicted molar refractivity (Wildman–Crippen MR) is 88.9 cm³/mol. The normalized spacial score (nSPS) is 9.82. The second-order valence-electron chi connectivity index (χ2n) is 4.58. The lowest BCUT2D eigenvalue weighted by Gasteiger charge is -2.07. The molecule has 2 aromatic rings. The average molecular weight is 312 g/mol. The number of rotatable bonds is 6. The van der Waals surface area contributed by atoms with Crippen LogP contribution in [-0.4, -0.2) is 18.8 Å². The van der Waals surface area contributed by atoms with Gasteiger partial charge in [-0.15, -0.1) is 11.8 Å². The number of benzene rings is 2. The fraction of sp³-hybridized carbons (Fsp3) is 0.176. The van der Waals surface area contributed by atoms with Gasteiger partial charge in [0.1, 0.15) is 5.75 Å². The van der Waals surface area contributed by atoms with Crippen LogP contribution in [0, 0.1) is 11.3 Å². The largest absolute Gasteiger partial charge is 0.497 e. The smallest absolute Gasteiger partial charge is 0.234 e. The van der Waals surface area contributed by atoms with E-state index in [-0.39, 0.29) is 5.91 Å². The van der Waals surface area contributed by atoms with Gasteiger partial charge < -0.3 is 10.1 Å².